The third-order valence-electron chi connectivity index (χ3n) is 3.70. The Kier molecular flexibility index (Phi) is 5.71. The third kappa shape index (κ3) is 3.96. The highest BCUT2D eigenvalue weighted by atomic mass is 32.2. The summed E-state index contributed by atoms with van der Waals surface area (Å²) in [6.45, 7) is 7.84. The molecule has 1 aliphatic carbocycles. The molecule has 0 radical (unpaired) electrons. The Hall–Kier alpha value is -0.540. The molecule has 1 aromatic heterocycles. The van der Waals surface area contributed by atoms with Crippen LogP contribution in [0.15, 0.2) is 18.3 Å². The SMILES string of the molecule is CCNC(CSCC(C)C)C1CCc2cccnc21. The van der Waals surface area contributed by atoms with Gasteiger partial charge in [0.25, 0.3) is 0 Å². The van der Waals surface area contributed by atoms with Crippen LogP contribution in [0.4, 0.5) is 0 Å². The third-order valence-corrected chi connectivity index (χ3v) is 5.20. The fourth-order valence-electron chi connectivity index (χ4n) is 2.85. The van der Waals surface area contributed by atoms with Gasteiger partial charge in [0, 0.05) is 29.6 Å². The fourth-order valence-corrected chi connectivity index (χ4v) is 4.06. The van der Waals surface area contributed by atoms with E-state index in [0.717, 1.165) is 12.5 Å². The van der Waals surface area contributed by atoms with E-state index in [1.165, 1.54) is 35.6 Å². The molecular weight excluding hydrogens is 252 g/mol. The summed E-state index contributed by atoms with van der Waals surface area (Å²) in [5.41, 5.74) is 2.81. The van der Waals surface area contributed by atoms with Gasteiger partial charge in [-0.1, -0.05) is 26.8 Å². The molecule has 1 aromatic rings. The van der Waals surface area contributed by atoms with Crippen molar-refractivity contribution < 1.29 is 0 Å². The number of aromatic nitrogens is 1. The van der Waals surface area contributed by atoms with Gasteiger partial charge in [0.2, 0.25) is 0 Å². The second-order valence-corrected chi connectivity index (χ2v) is 6.86. The van der Waals surface area contributed by atoms with Gasteiger partial charge < -0.3 is 5.32 Å². The van der Waals surface area contributed by atoms with Gasteiger partial charge in [0.15, 0.2) is 0 Å². The Labute approximate surface area is 121 Å². The predicted octanol–water partition coefficient (Wildman–Crippen LogP) is 3.48. The van der Waals surface area contributed by atoms with Crippen LogP contribution in [0.25, 0.3) is 0 Å². The minimum absolute atomic E-state index is 0.574. The van der Waals surface area contributed by atoms with Crippen molar-refractivity contribution in [2.75, 3.05) is 18.1 Å². The molecule has 106 valence electrons. The molecule has 19 heavy (non-hydrogen) atoms. The van der Waals surface area contributed by atoms with Gasteiger partial charge in [-0.2, -0.15) is 11.8 Å². The first-order valence-corrected chi connectivity index (χ1v) is 8.62. The molecule has 1 heterocycles. The van der Waals surface area contributed by atoms with Crippen LogP contribution < -0.4 is 5.32 Å². The lowest BCUT2D eigenvalue weighted by atomic mass is 9.98. The lowest BCUT2D eigenvalue weighted by molar-refractivity contribution is 0.468. The summed E-state index contributed by atoms with van der Waals surface area (Å²) in [5.74, 6) is 3.84. The maximum atomic E-state index is 4.64. The molecule has 2 rings (SSSR count). The first-order valence-electron chi connectivity index (χ1n) is 7.47. The van der Waals surface area contributed by atoms with Gasteiger partial charge >= 0.3 is 0 Å². The zero-order chi connectivity index (χ0) is 13.7. The van der Waals surface area contributed by atoms with E-state index in [9.17, 15) is 0 Å². The van der Waals surface area contributed by atoms with E-state index in [-0.39, 0.29) is 0 Å². The molecule has 0 fully saturated rings. The highest BCUT2D eigenvalue weighted by Crippen LogP contribution is 2.34. The number of fused-ring (bicyclic) bond motifs is 1. The van der Waals surface area contributed by atoms with Crippen molar-refractivity contribution in [1.82, 2.24) is 10.3 Å². The van der Waals surface area contributed by atoms with E-state index in [0.29, 0.717) is 12.0 Å². The summed E-state index contributed by atoms with van der Waals surface area (Å²) in [7, 11) is 0. The van der Waals surface area contributed by atoms with Crippen LogP contribution in [-0.4, -0.2) is 29.1 Å². The lowest BCUT2D eigenvalue weighted by Gasteiger charge is -2.24. The van der Waals surface area contributed by atoms with Crippen LogP contribution in [0.2, 0.25) is 0 Å². The van der Waals surface area contributed by atoms with Gasteiger partial charge in [-0.05, 0) is 42.7 Å². The molecule has 2 nitrogen and oxygen atoms in total. The number of thioether (sulfide) groups is 1. The predicted molar refractivity (Wildman–Crippen MR) is 84.9 cm³/mol. The maximum Gasteiger partial charge on any atom is 0.0482 e. The first-order chi connectivity index (χ1) is 9.22. The molecule has 1 N–H and O–H groups in total. The molecule has 0 aliphatic heterocycles. The largest absolute Gasteiger partial charge is 0.313 e. The van der Waals surface area contributed by atoms with Crippen LogP contribution in [0.3, 0.4) is 0 Å². The van der Waals surface area contributed by atoms with Crippen molar-refractivity contribution in [1.29, 1.82) is 0 Å². The summed E-state index contributed by atoms with van der Waals surface area (Å²) < 4.78 is 0. The first kappa shape index (κ1) is 14.9. The molecule has 3 heteroatoms. The number of nitrogens with zero attached hydrogens (tertiary/aromatic N) is 1. The van der Waals surface area contributed by atoms with Gasteiger partial charge in [-0.15, -0.1) is 0 Å². The van der Waals surface area contributed by atoms with Crippen LogP contribution in [0, 0.1) is 5.92 Å². The minimum atomic E-state index is 0.574. The molecule has 0 saturated carbocycles. The van der Waals surface area contributed by atoms with Crippen molar-refractivity contribution in [2.24, 2.45) is 5.92 Å². The Morgan fingerprint density at radius 2 is 2.26 bits per heavy atom. The van der Waals surface area contributed by atoms with Crippen LogP contribution in [0.1, 0.15) is 44.4 Å². The molecule has 0 saturated heterocycles. The normalized spacial score (nSPS) is 19.7. The monoisotopic (exact) mass is 278 g/mol. The molecule has 0 spiro atoms. The Morgan fingerprint density at radius 3 is 3.00 bits per heavy atom. The zero-order valence-corrected chi connectivity index (χ0v) is 13.2. The van der Waals surface area contributed by atoms with Crippen LogP contribution in [0.5, 0.6) is 0 Å². The number of pyridine rings is 1. The van der Waals surface area contributed by atoms with E-state index in [2.05, 4.69) is 55.0 Å². The molecular formula is C16H26N2S. The summed E-state index contributed by atoms with van der Waals surface area (Å²) in [5, 5.41) is 3.68. The smallest absolute Gasteiger partial charge is 0.0482 e. The van der Waals surface area contributed by atoms with Gasteiger partial charge in [-0.3, -0.25) is 4.98 Å². The maximum absolute atomic E-state index is 4.64. The topological polar surface area (TPSA) is 24.9 Å². The Balaban J connectivity index is 1.99. The number of likely N-dealkylation sites (N-methyl/N-ethyl adjacent to an activating group) is 1. The van der Waals surface area contributed by atoms with Crippen molar-refractivity contribution in [3.8, 4) is 0 Å². The molecule has 2 unspecified atom stereocenters. The van der Waals surface area contributed by atoms with E-state index in [4.69, 9.17) is 0 Å². The lowest BCUT2D eigenvalue weighted by Crippen LogP contribution is -2.36. The number of rotatable bonds is 7. The van der Waals surface area contributed by atoms with Crippen molar-refractivity contribution in [3.05, 3.63) is 29.6 Å². The second kappa shape index (κ2) is 7.30. The van der Waals surface area contributed by atoms with E-state index in [1.54, 1.807) is 0 Å². The average Bonchev–Trinajstić information content (AvgIpc) is 2.81. The van der Waals surface area contributed by atoms with E-state index in [1.807, 2.05) is 6.20 Å². The quantitative estimate of drug-likeness (QED) is 0.826. The van der Waals surface area contributed by atoms with Crippen LogP contribution >= 0.6 is 11.8 Å². The summed E-state index contributed by atoms with van der Waals surface area (Å²) >= 11 is 2.08. The van der Waals surface area contributed by atoms with Gasteiger partial charge in [0.1, 0.15) is 0 Å². The summed E-state index contributed by atoms with van der Waals surface area (Å²) in [4.78, 5) is 4.64. The highest BCUT2D eigenvalue weighted by molar-refractivity contribution is 7.99. The van der Waals surface area contributed by atoms with E-state index < -0.39 is 0 Å². The molecule has 0 bridgehead atoms. The minimum Gasteiger partial charge on any atom is -0.313 e. The molecule has 2 atom stereocenters. The van der Waals surface area contributed by atoms with Crippen LogP contribution in [-0.2, 0) is 6.42 Å². The zero-order valence-electron chi connectivity index (χ0n) is 12.4. The Bertz CT molecular complexity index is 392. The standard InChI is InChI=1S/C16H26N2S/c1-4-17-15(11-19-10-12(2)3)14-8-7-13-6-5-9-18-16(13)14/h5-6,9,12,14-15,17H,4,7-8,10-11H2,1-3H3. The number of aryl methyl sites for hydroxylation is 1. The van der Waals surface area contributed by atoms with Crippen molar-refractivity contribution >= 4 is 11.8 Å². The number of nitrogens with one attached hydrogen (secondary N) is 1. The Morgan fingerprint density at radius 1 is 1.42 bits per heavy atom. The van der Waals surface area contributed by atoms with Gasteiger partial charge in [0.05, 0.1) is 0 Å². The summed E-state index contributed by atoms with van der Waals surface area (Å²) in [6.07, 6.45) is 4.40. The average molecular weight is 278 g/mol. The second-order valence-electron chi connectivity index (χ2n) is 5.79. The number of hydrogen-bond donors (Lipinski definition) is 1. The molecule has 0 aromatic carbocycles. The van der Waals surface area contributed by atoms with Crippen molar-refractivity contribution in [3.63, 3.8) is 0 Å². The number of hydrogen-bond acceptors (Lipinski definition) is 3. The summed E-state index contributed by atoms with van der Waals surface area (Å²) in [6, 6.07) is 4.88. The molecule has 1 aliphatic rings. The van der Waals surface area contributed by atoms with Gasteiger partial charge in [-0.25, -0.2) is 0 Å². The van der Waals surface area contributed by atoms with Crippen molar-refractivity contribution in [2.45, 2.75) is 45.6 Å². The molecule has 0 amide bonds. The fraction of sp³-hybridized carbons (Fsp3) is 0.688. The van der Waals surface area contributed by atoms with E-state index >= 15 is 0 Å². The highest BCUT2D eigenvalue weighted by Gasteiger charge is 2.30.